The van der Waals surface area contributed by atoms with Gasteiger partial charge < -0.3 is 14.6 Å². The first-order valence-electron chi connectivity index (χ1n) is 11.3. The number of ketones is 1. The lowest BCUT2D eigenvalue weighted by Gasteiger charge is -2.25. The molecule has 36 heavy (non-hydrogen) atoms. The molecule has 0 radical (unpaired) electrons. The van der Waals surface area contributed by atoms with Gasteiger partial charge in [-0.2, -0.15) is 0 Å². The molecule has 4 rings (SSSR count). The number of nitrogens with zero attached hydrogens (tertiary/aromatic N) is 1. The largest absolute Gasteiger partial charge is 0.507 e. The first-order chi connectivity index (χ1) is 17.4. The number of benzene rings is 3. The molecule has 0 bridgehead atoms. The van der Waals surface area contributed by atoms with Crippen molar-refractivity contribution in [3.8, 4) is 5.75 Å². The van der Waals surface area contributed by atoms with Crippen molar-refractivity contribution in [3.05, 3.63) is 100 Å². The Kier molecular flexibility index (Phi) is 7.41. The maximum absolute atomic E-state index is 13.3. The molecule has 1 heterocycles. The fraction of sp³-hybridized carbons (Fsp3) is 0.179. The van der Waals surface area contributed by atoms with Crippen LogP contribution in [0.2, 0.25) is 5.02 Å². The van der Waals surface area contributed by atoms with Gasteiger partial charge in [0.2, 0.25) is 0 Å². The molecule has 1 unspecified atom stereocenters. The van der Waals surface area contributed by atoms with Crippen LogP contribution in [0.3, 0.4) is 0 Å². The number of anilines is 1. The molecule has 1 atom stereocenters. The number of Topliss-reactive ketones (excluding diaryl/α,β-unsaturated/α-hetero) is 1. The van der Waals surface area contributed by atoms with Crippen molar-refractivity contribution in [2.45, 2.75) is 19.4 Å². The summed E-state index contributed by atoms with van der Waals surface area (Å²) in [6.07, 6.45) is 0.670. The highest BCUT2D eigenvalue weighted by molar-refractivity contribution is 6.51. The molecule has 1 amide bonds. The number of methoxy groups -OCH3 is 1. The second-order valence-electron chi connectivity index (χ2n) is 8.12. The predicted octanol–water partition coefficient (Wildman–Crippen LogP) is 5.54. The van der Waals surface area contributed by atoms with Crippen LogP contribution in [0.25, 0.3) is 5.76 Å². The minimum atomic E-state index is -0.935. The monoisotopic (exact) mass is 505 g/mol. The van der Waals surface area contributed by atoms with Crippen LogP contribution in [0.15, 0.2) is 78.4 Å². The van der Waals surface area contributed by atoms with E-state index in [9.17, 15) is 19.5 Å². The van der Waals surface area contributed by atoms with Gasteiger partial charge in [0.05, 0.1) is 35.9 Å². The van der Waals surface area contributed by atoms with Crippen molar-refractivity contribution in [2.75, 3.05) is 18.6 Å². The van der Waals surface area contributed by atoms with E-state index in [1.54, 1.807) is 48.5 Å². The third-order valence-corrected chi connectivity index (χ3v) is 6.09. The van der Waals surface area contributed by atoms with E-state index >= 15 is 0 Å². The number of halogens is 1. The van der Waals surface area contributed by atoms with E-state index in [0.29, 0.717) is 28.4 Å². The minimum Gasteiger partial charge on any atom is -0.507 e. The number of hydrogen-bond donors (Lipinski definition) is 1. The molecular weight excluding hydrogens is 482 g/mol. The van der Waals surface area contributed by atoms with E-state index in [1.165, 1.54) is 30.2 Å². The van der Waals surface area contributed by atoms with Gasteiger partial charge in [0, 0.05) is 11.3 Å². The number of ether oxygens (including phenoxy) is 2. The molecule has 8 heteroatoms. The van der Waals surface area contributed by atoms with Crippen LogP contribution in [-0.4, -0.2) is 36.5 Å². The summed E-state index contributed by atoms with van der Waals surface area (Å²) in [4.78, 5) is 40.4. The minimum absolute atomic E-state index is 0.0884. The SMILES string of the molecule is CCCOC(=O)c1cccc(N2C(=O)C(=O)/C(=C(/O)c3ccc(Cl)c(OC)c3)C2c2ccccc2)c1. The number of aliphatic hydroxyl groups excluding tert-OH is 1. The average molecular weight is 506 g/mol. The van der Waals surface area contributed by atoms with Crippen LogP contribution in [0.5, 0.6) is 5.75 Å². The number of carbonyl (C=O) groups is 3. The zero-order valence-corrected chi connectivity index (χ0v) is 20.5. The second-order valence-corrected chi connectivity index (χ2v) is 8.52. The molecule has 0 aromatic heterocycles. The van der Waals surface area contributed by atoms with Crippen LogP contribution in [-0.2, 0) is 14.3 Å². The van der Waals surface area contributed by atoms with Gasteiger partial charge in [0.25, 0.3) is 11.7 Å². The molecule has 3 aromatic carbocycles. The molecule has 1 aliphatic heterocycles. The molecule has 1 N–H and O–H groups in total. The van der Waals surface area contributed by atoms with Crippen molar-refractivity contribution in [1.29, 1.82) is 0 Å². The summed E-state index contributed by atoms with van der Waals surface area (Å²) in [5, 5.41) is 11.6. The van der Waals surface area contributed by atoms with Crippen molar-refractivity contribution >= 4 is 40.7 Å². The summed E-state index contributed by atoms with van der Waals surface area (Å²) < 4.78 is 10.5. The van der Waals surface area contributed by atoms with Crippen LogP contribution in [0.1, 0.15) is 40.9 Å². The molecule has 1 aliphatic rings. The summed E-state index contributed by atoms with van der Waals surface area (Å²) in [6, 6.07) is 18.9. The topological polar surface area (TPSA) is 93.1 Å². The van der Waals surface area contributed by atoms with Gasteiger partial charge in [0.15, 0.2) is 0 Å². The van der Waals surface area contributed by atoms with E-state index in [0.717, 1.165) is 0 Å². The third-order valence-electron chi connectivity index (χ3n) is 5.78. The molecule has 1 saturated heterocycles. The van der Waals surface area contributed by atoms with Gasteiger partial charge in [-0.25, -0.2) is 4.79 Å². The number of aliphatic hydroxyl groups is 1. The maximum Gasteiger partial charge on any atom is 0.338 e. The Morgan fingerprint density at radius 2 is 1.75 bits per heavy atom. The van der Waals surface area contributed by atoms with Gasteiger partial charge in [0.1, 0.15) is 11.5 Å². The van der Waals surface area contributed by atoms with Crippen molar-refractivity contribution in [3.63, 3.8) is 0 Å². The number of esters is 1. The Morgan fingerprint density at radius 1 is 1.00 bits per heavy atom. The summed E-state index contributed by atoms with van der Waals surface area (Å²) in [5.41, 5.74) is 1.36. The Balaban J connectivity index is 1.87. The predicted molar refractivity (Wildman–Crippen MR) is 136 cm³/mol. The van der Waals surface area contributed by atoms with Crippen LogP contribution in [0.4, 0.5) is 5.69 Å². The van der Waals surface area contributed by atoms with Crippen LogP contribution < -0.4 is 9.64 Å². The molecule has 3 aromatic rings. The van der Waals surface area contributed by atoms with Crippen molar-refractivity contribution in [1.82, 2.24) is 0 Å². The van der Waals surface area contributed by atoms with Crippen molar-refractivity contribution in [2.24, 2.45) is 0 Å². The molecule has 0 aliphatic carbocycles. The highest BCUT2D eigenvalue weighted by atomic mass is 35.5. The zero-order valence-electron chi connectivity index (χ0n) is 19.7. The fourth-order valence-electron chi connectivity index (χ4n) is 4.07. The molecule has 1 fully saturated rings. The molecule has 0 spiro atoms. The van der Waals surface area contributed by atoms with E-state index in [-0.39, 0.29) is 29.1 Å². The first kappa shape index (κ1) is 25.0. The van der Waals surface area contributed by atoms with Crippen molar-refractivity contribution < 1.29 is 29.0 Å². The highest BCUT2D eigenvalue weighted by Crippen LogP contribution is 2.42. The van der Waals surface area contributed by atoms with Gasteiger partial charge in [-0.05, 0) is 48.4 Å². The first-order valence-corrected chi connectivity index (χ1v) is 11.7. The Hall–Kier alpha value is -4.10. The smallest absolute Gasteiger partial charge is 0.338 e. The second kappa shape index (κ2) is 10.7. The Morgan fingerprint density at radius 3 is 2.44 bits per heavy atom. The highest BCUT2D eigenvalue weighted by Gasteiger charge is 2.47. The maximum atomic E-state index is 13.3. The quantitative estimate of drug-likeness (QED) is 0.196. The zero-order chi connectivity index (χ0) is 25.8. The summed E-state index contributed by atoms with van der Waals surface area (Å²) in [5.74, 6) is -2.26. The molecule has 7 nitrogen and oxygen atoms in total. The number of hydrogen-bond acceptors (Lipinski definition) is 6. The lowest BCUT2D eigenvalue weighted by atomic mass is 9.95. The molecule has 0 saturated carbocycles. The van der Waals surface area contributed by atoms with E-state index in [2.05, 4.69) is 0 Å². The van der Waals surface area contributed by atoms with Gasteiger partial charge in [-0.15, -0.1) is 0 Å². The number of amides is 1. The van der Waals surface area contributed by atoms with E-state index in [4.69, 9.17) is 21.1 Å². The average Bonchev–Trinajstić information content (AvgIpc) is 3.17. The molecule has 184 valence electrons. The normalized spacial score (nSPS) is 16.8. The molecular formula is C28H24ClNO6. The fourth-order valence-corrected chi connectivity index (χ4v) is 4.27. The Labute approximate surface area is 213 Å². The summed E-state index contributed by atoms with van der Waals surface area (Å²) in [6.45, 7) is 2.15. The standard InChI is InChI=1S/C28H24ClNO6/c1-3-14-36-28(34)19-10-7-11-20(15-19)30-24(17-8-5-4-6-9-17)23(26(32)27(30)33)25(31)18-12-13-21(29)22(16-18)35-2/h4-13,15-16,24,31H,3,14H2,1-2H3/b25-23+. The third kappa shape index (κ3) is 4.70. The van der Waals surface area contributed by atoms with Crippen LogP contribution in [0, 0.1) is 0 Å². The van der Waals surface area contributed by atoms with E-state index in [1.807, 2.05) is 13.0 Å². The lowest BCUT2D eigenvalue weighted by Crippen LogP contribution is -2.29. The van der Waals surface area contributed by atoms with Crippen LogP contribution >= 0.6 is 11.6 Å². The van der Waals surface area contributed by atoms with E-state index < -0.39 is 23.7 Å². The van der Waals surface area contributed by atoms with Gasteiger partial charge >= 0.3 is 5.97 Å². The number of rotatable bonds is 7. The van der Waals surface area contributed by atoms with Gasteiger partial charge in [-0.3, -0.25) is 14.5 Å². The lowest BCUT2D eigenvalue weighted by molar-refractivity contribution is -0.132. The van der Waals surface area contributed by atoms with Gasteiger partial charge in [-0.1, -0.05) is 54.9 Å². The number of carbonyl (C=O) groups excluding carboxylic acids is 3. The summed E-state index contributed by atoms with van der Waals surface area (Å²) >= 11 is 6.12. The summed E-state index contributed by atoms with van der Waals surface area (Å²) in [7, 11) is 1.44. The Bertz CT molecular complexity index is 1350.